The molecule has 0 saturated carbocycles. The number of sulfonamides is 1. The Morgan fingerprint density at radius 3 is 2.67 bits per heavy atom. The maximum Gasteiger partial charge on any atom is 0.251 e. The van der Waals surface area contributed by atoms with E-state index in [2.05, 4.69) is 11.9 Å². The predicted octanol–water partition coefficient (Wildman–Crippen LogP) is 0.779. The largest absolute Gasteiger partial charge is 0.352 e. The highest BCUT2D eigenvalue weighted by molar-refractivity contribution is 7.89. The molecule has 0 aliphatic carbocycles. The molecule has 0 radical (unpaired) electrons. The summed E-state index contributed by atoms with van der Waals surface area (Å²) in [5, 5.41) is 7.37. The van der Waals surface area contributed by atoms with Gasteiger partial charge >= 0.3 is 0 Å². The van der Waals surface area contributed by atoms with Crippen molar-refractivity contribution in [2.45, 2.75) is 11.3 Å². The Hall–Kier alpha value is -1.73. The third-order valence-electron chi connectivity index (χ3n) is 2.10. The molecule has 0 saturated heterocycles. The summed E-state index contributed by atoms with van der Waals surface area (Å²) in [6.45, 7) is 3.82. The van der Waals surface area contributed by atoms with Crippen LogP contribution in [0.4, 0.5) is 4.39 Å². The van der Waals surface area contributed by atoms with Gasteiger partial charge in [-0.3, -0.25) is 4.79 Å². The molecule has 7 heteroatoms. The summed E-state index contributed by atoms with van der Waals surface area (Å²) in [6, 6.07) is 2.73. The molecule has 1 rings (SSSR count). The molecule has 18 heavy (non-hydrogen) atoms. The molecule has 0 fully saturated rings. The van der Waals surface area contributed by atoms with Crippen molar-refractivity contribution in [2.24, 2.45) is 5.14 Å². The first-order valence-corrected chi connectivity index (χ1v) is 6.61. The summed E-state index contributed by atoms with van der Waals surface area (Å²) in [7, 11) is -4.04. The zero-order valence-corrected chi connectivity index (χ0v) is 10.3. The first-order chi connectivity index (χ1) is 8.34. The SMILES string of the molecule is C=CCCNC(=O)c1cc(F)cc(S(N)(=O)=O)c1. The number of rotatable bonds is 5. The average molecular weight is 272 g/mol. The molecule has 1 aromatic carbocycles. The van der Waals surface area contributed by atoms with Crippen LogP contribution in [-0.4, -0.2) is 20.9 Å². The van der Waals surface area contributed by atoms with Crippen LogP contribution in [-0.2, 0) is 10.0 Å². The molecule has 0 aliphatic heterocycles. The molecule has 98 valence electrons. The third kappa shape index (κ3) is 3.94. The van der Waals surface area contributed by atoms with Crippen molar-refractivity contribution in [3.63, 3.8) is 0 Å². The zero-order valence-electron chi connectivity index (χ0n) is 9.52. The standard InChI is InChI=1S/C11H13FN2O3S/c1-2-3-4-14-11(15)8-5-9(12)7-10(6-8)18(13,16)17/h2,5-7H,1,3-4H2,(H,14,15)(H2,13,16,17). The normalized spacial score (nSPS) is 11.0. The quantitative estimate of drug-likeness (QED) is 0.613. The molecule has 3 N–H and O–H groups in total. The van der Waals surface area contributed by atoms with Crippen molar-refractivity contribution >= 4 is 15.9 Å². The van der Waals surface area contributed by atoms with Crippen molar-refractivity contribution in [2.75, 3.05) is 6.54 Å². The fraction of sp³-hybridized carbons (Fsp3) is 0.182. The van der Waals surface area contributed by atoms with E-state index in [9.17, 15) is 17.6 Å². The number of hydrogen-bond acceptors (Lipinski definition) is 3. The predicted molar refractivity (Wildman–Crippen MR) is 64.9 cm³/mol. The monoisotopic (exact) mass is 272 g/mol. The lowest BCUT2D eigenvalue weighted by Crippen LogP contribution is -2.24. The number of nitrogens with one attached hydrogen (secondary N) is 1. The smallest absolute Gasteiger partial charge is 0.251 e. The van der Waals surface area contributed by atoms with E-state index in [-0.39, 0.29) is 5.56 Å². The van der Waals surface area contributed by atoms with Gasteiger partial charge in [-0.25, -0.2) is 17.9 Å². The van der Waals surface area contributed by atoms with E-state index in [0.29, 0.717) is 13.0 Å². The van der Waals surface area contributed by atoms with E-state index in [4.69, 9.17) is 5.14 Å². The van der Waals surface area contributed by atoms with E-state index in [1.807, 2.05) is 0 Å². The maximum atomic E-state index is 13.2. The first kappa shape index (κ1) is 14.3. The van der Waals surface area contributed by atoms with Gasteiger partial charge in [0, 0.05) is 12.1 Å². The van der Waals surface area contributed by atoms with Gasteiger partial charge in [-0.2, -0.15) is 0 Å². The van der Waals surface area contributed by atoms with Crippen molar-refractivity contribution in [3.05, 3.63) is 42.2 Å². The fourth-order valence-corrected chi connectivity index (χ4v) is 1.82. The van der Waals surface area contributed by atoms with Gasteiger partial charge in [-0.05, 0) is 24.6 Å². The number of amides is 1. The van der Waals surface area contributed by atoms with Gasteiger partial charge in [0.2, 0.25) is 10.0 Å². The molecular weight excluding hydrogens is 259 g/mol. The summed E-state index contributed by atoms with van der Waals surface area (Å²) in [4.78, 5) is 11.2. The molecular formula is C11H13FN2O3S. The van der Waals surface area contributed by atoms with Crippen LogP contribution in [0.25, 0.3) is 0 Å². The molecule has 0 unspecified atom stereocenters. The number of nitrogens with two attached hydrogens (primary N) is 1. The minimum Gasteiger partial charge on any atom is -0.352 e. The molecule has 0 heterocycles. The Bertz CT molecular complexity index is 570. The van der Waals surface area contributed by atoms with E-state index >= 15 is 0 Å². The highest BCUT2D eigenvalue weighted by Gasteiger charge is 2.14. The lowest BCUT2D eigenvalue weighted by Gasteiger charge is -2.05. The minimum atomic E-state index is -4.04. The Morgan fingerprint density at radius 1 is 1.44 bits per heavy atom. The lowest BCUT2D eigenvalue weighted by atomic mass is 10.2. The van der Waals surface area contributed by atoms with Crippen LogP contribution in [0.2, 0.25) is 0 Å². The van der Waals surface area contributed by atoms with E-state index in [1.54, 1.807) is 6.08 Å². The summed E-state index contributed by atoms with van der Waals surface area (Å²) >= 11 is 0. The van der Waals surface area contributed by atoms with Crippen LogP contribution >= 0.6 is 0 Å². The fourth-order valence-electron chi connectivity index (χ4n) is 1.25. The maximum absolute atomic E-state index is 13.2. The first-order valence-electron chi connectivity index (χ1n) is 5.07. The third-order valence-corrected chi connectivity index (χ3v) is 2.99. The molecule has 0 aliphatic rings. The van der Waals surface area contributed by atoms with Gasteiger partial charge in [-0.1, -0.05) is 6.08 Å². The van der Waals surface area contributed by atoms with E-state index in [1.165, 1.54) is 0 Å². The Labute approximate surface area is 105 Å². The summed E-state index contributed by atoms with van der Waals surface area (Å²) < 4.78 is 35.4. The molecule has 0 atom stereocenters. The van der Waals surface area contributed by atoms with Crippen molar-refractivity contribution < 1.29 is 17.6 Å². The Balaban J connectivity index is 2.99. The zero-order chi connectivity index (χ0) is 13.8. The Morgan fingerprint density at radius 2 is 2.11 bits per heavy atom. The summed E-state index contributed by atoms with van der Waals surface area (Å²) in [5.74, 6) is -1.41. The van der Waals surface area contributed by atoms with Crippen LogP contribution in [0.5, 0.6) is 0 Å². The molecule has 0 aromatic heterocycles. The number of primary sulfonamides is 1. The van der Waals surface area contributed by atoms with Crippen LogP contribution in [0.1, 0.15) is 16.8 Å². The van der Waals surface area contributed by atoms with Crippen LogP contribution in [0.15, 0.2) is 35.7 Å². The molecule has 1 aromatic rings. The topological polar surface area (TPSA) is 89.3 Å². The van der Waals surface area contributed by atoms with E-state index in [0.717, 1.165) is 18.2 Å². The second kappa shape index (κ2) is 5.74. The molecule has 0 bridgehead atoms. The van der Waals surface area contributed by atoms with Crippen LogP contribution < -0.4 is 10.5 Å². The van der Waals surface area contributed by atoms with Crippen molar-refractivity contribution in [1.82, 2.24) is 5.32 Å². The second-order valence-electron chi connectivity index (χ2n) is 3.55. The van der Waals surface area contributed by atoms with Crippen LogP contribution in [0.3, 0.4) is 0 Å². The van der Waals surface area contributed by atoms with Gasteiger partial charge in [0.05, 0.1) is 4.90 Å². The van der Waals surface area contributed by atoms with E-state index < -0.39 is 26.6 Å². The summed E-state index contributed by atoms with van der Waals surface area (Å²) in [5.41, 5.74) is -0.0944. The molecule has 0 spiro atoms. The summed E-state index contributed by atoms with van der Waals surface area (Å²) in [6.07, 6.45) is 2.17. The van der Waals surface area contributed by atoms with Crippen molar-refractivity contribution in [1.29, 1.82) is 0 Å². The van der Waals surface area contributed by atoms with Gasteiger partial charge in [-0.15, -0.1) is 6.58 Å². The van der Waals surface area contributed by atoms with Crippen LogP contribution in [0, 0.1) is 5.82 Å². The number of benzene rings is 1. The van der Waals surface area contributed by atoms with Gasteiger partial charge in [0.25, 0.3) is 5.91 Å². The number of hydrogen-bond donors (Lipinski definition) is 2. The minimum absolute atomic E-state index is 0.0944. The number of carbonyl (C=O) groups excluding carboxylic acids is 1. The van der Waals surface area contributed by atoms with Gasteiger partial charge in [0.15, 0.2) is 0 Å². The molecule has 1 amide bonds. The lowest BCUT2D eigenvalue weighted by molar-refractivity contribution is 0.0953. The van der Waals surface area contributed by atoms with Crippen molar-refractivity contribution in [3.8, 4) is 0 Å². The number of halogens is 1. The Kier molecular flexibility index (Phi) is 4.57. The highest BCUT2D eigenvalue weighted by atomic mass is 32.2. The van der Waals surface area contributed by atoms with Gasteiger partial charge in [0.1, 0.15) is 5.82 Å². The van der Waals surface area contributed by atoms with Gasteiger partial charge < -0.3 is 5.32 Å². The molecule has 5 nitrogen and oxygen atoms in total. The average Bonchev–Trinajstić information content (AvgIpc) is 2.27. The number of carbonyl (C=O) groups is 1. The second-order valence-corrected chi connectivity index (χ2v) is 5.12. The highest BCUT2D eigenvalue weighted by Crippen LogP contribution is 2.13.